The Hall–Kier alpha value is -2.11. The third kappa shape index (κ3) is 3.23. The van der Waals surface area contributed by atoms with Gasteiger partial charge in [-0.1, -0.05) is 20.8 Å². The lowest BCUT2D eigenvalue weighted by Gasteiger charge is -2.23. The zero-order chi connectivity index (χ0) is 18.4. The van der Waals surface area contributed by atoms with Crippen LogP contribution in [-0.2, 0) is 11.3 Å². The number of hydrogen-bond donors (Lipinski definition) is 0. The Morgan fingerprint density at radius 3 is 2.12 bits per heavy atom. The molecule has 2 aromatic heterocycles. The third-order valence-corrected chi connectivity index (χ3v) is 4.08. The first-order valence-corrected chi connectivity index (χ1v) is 7.80. The average molecular weight is 335 g/mol. The maximum atomic E-state index is 13.6. The molecule has 2 heterocycles. The molecule has 0 saturated carbocycles. The number of pyridine rings is 1. The van der Waals surface area contributed by atoms with Crippen molar-refractivity contribution in [2.45, 2.75) is 59.8 Å². The van der Waals surface area contributed by atoms with E-state index in [9.17, 15) is 13.6 Å². The van der Waals surface area contributed by atoms with Crippen molar-refractivity contribution in [3.63, 3.8) is 0 Å². The Morgan fingerprint density at radius 1 is 1.04 bits per heavy atom. The average Bonchev–Trinajstić information content (AvgIpc) is 2.41. The summed E-state index contributed by atoms with van der Waals surface area (Å²) in [6.45, 7) is 12.1. The van der Waals surface area contributed by atoms with E-state index in [1.54, 1.807) is 0 Å². The molecule has 0 atom stereocenters. The van der Waals surface area contributed by atoms with Crippen LogP contribution in [0.5, 0.6) is 0 Å². The van der Waals surface area contributed by atoms with Crippen LogP contribution in [0.15, 0.2) is 17.1 Å². The molecule has 0 spiro atoms. The second-order valence-electron chi connectivity index (χ2n) is 7.30. The summed E-state index contributed by atoms with van der Waals surface area (Å²) in [5, 5.41) is 3.93. The molecule has 0 aliphatic rings. The van der Waals surface area contributed by atoms with E-state index in [2.05, 4.69) is 30.9 Å². The number of nitrogens with zero attached hydrogens (tertiary/aromatic N) is 3. The molecular formula is C18H23F2N3O. The summed E-state index contributed by atoms with van der Waals surface area (Å²) in [5.74, 6) is -2.73. The van der Waals surface area contributed by atoms with Crippen LogP contribution in [0.25, 0.3) is 5.82 Å². The zero-order valence-corrected chi connectivity index (χ0v) is 15.2. The van der Waals surface area contributed by atoms with Gasteiger partial charge in [0.05, 0.1) is 6.20 Å². The highest BCUT2D eigenvalue weighted by molar-refractivity contribution is 5.41. The molecule has 24 heavy (non-hydrogen) atoms. The maximum Gasteiger partial charge on any atom is 0.276 e. The van der Waals surface area contributed by atoms with Crippen molar-refractivity contribution < 1.29 is 8.78 Å². The van der Waals surface area contributed by atoms with Gasteiger partial charge in [0.2, 0.25) is 0 Å². The van der Waals surface area contributed by atoms with E-state index in [4.69, 9.17) is 0 Å². The second-order valence-corrected chi connectivity index (χ2v) is 7.30. The van der Waals surface area contributed by atoms with Gasteiger partial charge < -0.3 is 0 Å². The molecule has 2 aromatic rings. The first kappa shape index (κ1) is 18.2. The molecule has 0 amide bonds. The molecule has 6 heteroatoms. The van der Waals surface area contributed by atoms with Crippen molar-refractivity contribution in [3.8, 4) is 5.82 Å². The highest BCUT2D eigenvalue weighted by atomic mass is 19.3. The Bertz CT molecular complexity index is 843. The fourth-order valence-electron chi connectivity index (χ4n) is 2.80. The number of alkyl halides is 2. The standard InChI is InChI=1S/C18H23F2N3O/c1-10-8-13(17(4,5)6)12(3)22-15(10)23-16(24)11(2)14(9-21-23)18(7,19)20/h8-9H,1-7H3. The Labute approximate surface area is 140 Å². The van der Waals surface area contributed by atoms with Crippen LogP contribution in [0, 0.1) is 20.8 Å². The van der Waals surface area contributed by atoms with Crippen LogP contribution in [0.2, 0.25) is 0 Å². The van der Waals surface area contributed by atoms with E-state index >= 15 is 0 Å². The summed E-state index contributed by atoms with van der Waals surface area (Å²) in [6.07, 6.45) is 1.05. The summed E-state index contributed by atoms with van der Waals surface area (Å²) >= 11 is 0. The van der Waals surface area contributed by atoms with Crippen LogP contribution in [0.3, 0.4) is 0 Å². The van der Waals surface area contributed by atoms with Crippen molar-refractivity contribution in [3.05, 3.63) is 50.6 Å². The second kappa shape index (κ2) is 5.76. The fraction of sp³-hybridized carbons (Fsp3) is 0.500. The summed E-state index contributed by atoms with van der Waals surface area (Å²) in [4.78, 5) is 17.0. The Morgan fingerprint density at radius 2 is 1.62 bits per heavy atom. The molecule has 130 valence electrons. The van der Waals surface area contributed by atoms with Gasteiger partial charge in [-0.05, 0) is 43.4 Å². The Kier molecular flexibility index (Phi) is 4.37. The van der Waals surface area contributed by atoms with Crippen LogP contribution < -0.4 is 5.56 Å². The third-order valence-electron chi connectivity index (χ3n) is 4.08. The normalized spacial score (nSPS) is 12.5. The van der Waals surface area contributed by atoms with Gasteiger partial charge in [0.1, 0.15) is 0 Å². The lowest BCUT2D eigenvalue weighted by atomic mass is 9.85. The number of rotatable bonds is 2. The van der Waals surface area contributed by atoms with Crippen molar-refractivity contribution in [2.75, 3.05) is 0 Å². The largest absolute Gasteiger partial charge is 0.276 e. The van der Waals surface area contributed by atoms with E-state index < -0.39 is 11.5 Å². The molecule has 0 aromatic carbocycles. The predicted molar refractivity (Wildman–Crippen MR) is 90.1 cm³/mol. The minimum Gasteiger partial charge on any atom is -0.267 e. The minimum atomic E-state index is -3.11. The lowest BCUT2D eigenvalue weighted by molar-refractivity contribution is 0.0160. The molecule has 0 radical (unpaired) electrons. The molecule has 2 rings (SSSR count). The first-order chi connectivity index (χ1) is 10.8. The van der Waals surface area contributed by atoms with E-state index in [1.165, 1.54) is 6.92 Å². The highest BCUT2D eigenvalue weighted by Gasteiger charge is 2.29. The summed E-state index contributed by atoms with van der Waals surface area (Å²) in [7, 11) is 0. The fourth-order valence-corrected chi connectivity index (χ4v) is 2.80. The predicted octanol–water partition coefficient (Wildman–Crippen LogP) is 3.96. The monoisotopic (exact) mass is 335 g/mol. The molecule has 0 aliphatic carbocycles. The molecule has 0 saturated heterocycles. The summed E-state index contributed by atoms with van der Waals surface area (Å²) < 4.78 is 28.2. The highest BCUT2D eigenvalue weighted by Crippen LogP contribution is 2.29. The quantitative estimate of drug-likeness (QED) is 0.834. The van der Waals surface area contributed by atoms with Crippen molar-refractivity contribution >= 4 is 0 Å². The Balaban J connectivity index is 2.69. The van der Waals surface area contributed by atoms with Gasteiger partial charge in [0, 0.05) is 23.7 Å². The smallest absolute Gasteiger partial charge is 0.267 e. The van der Waals surface area contributed by atoms with E-state index in [-0.39, 0.29) is 16.5 Å². The van der Waals surface area contributed by atoms with Crippen LogP contribution in [0.1, 0.15) is 55.6 Å². The SMILES string of the molecule is Cc1cc(C(C)(C)C)c(C)nc1-n1ncc(C(C)(F)F)c(C)c1=O. The topological polar surface area (TPSA) is 47.8 Å². The van der Waals surface area contributed by atoms with Crippen LogP contribution in [0.4, 0.5) is 8.78 Å². The van der Waals surface area contributed by atoms with Crippen molar-refractivity contribution in [1.29, 1.82) is 0 Å². The van der Waals surface area contributed by atoms with E-state index in [1.807, 2.05) is 19.9 Å². The summed E-state index contributed by atoms with van der Waals surface area (Å²) in [6, 6.07) is 1.98. The number of hydrogen-bond acceptors (Lipinski definition) is 3. The van der Waals surface area contributed by atoms with Gasteiger partial charge in [0.25, 0.3) is 11.5 Å². The molecule has 0 fully saturated rings. The molecule has 4 nitrogen and oxygen atoms in total. The molecule has 0 aliphatic heterocycles. The van der Waals surface area contributed by atoms with Gasteiger partial charge in [-0.2, -0.15) is 9.78 Å². The molecule has 0 bridgehead atoms. The number of halogens is 2. The zero-order valence-electron chi connectivity index (χ0n) is 15.2. The van der Waals surface area contributed by atoms with Gasteiger partial charge in [-0.25, -0.2) is 13.8 Å². The maximum absolute atomic E-state index is 13.6. The van der Waals surface area contributed by atoms with Gasteiger partial charge >= 0.3 is 0 Å². The van der Waals surface area contributed by atoms with E-state index in [0.717, 1.165) is 34.6 Å². The van der Waals surface area contributed by atoms with Gasteiger partial charge in [0.15, 0.2) is 5.82 Å². The van der Waals surface area contributed by atoms with Crippen molar-refractivity contribution in [2.24, 2.45) is 0 Å². The number of aryl methyl sites for hydroxylation is 2. The minimum absolute atomic E-state index is 0.0174. The van der Waals surface area contributed by atoms with Crippen LogP contribution >= 0.6 is 0 Å². The first-order valence-electron chi connectivity index (χ1n) is 7.80. The van der Waals surface area contributed by atoms with E-state index in [0.29, 0.717) is 5.82 Å². The lowest BCUT2D eigenvalue weighted by Crippen LogP contribution is -2.29. The van der Waals surface area contributed by atoms with Gasteiger partial charge in [-0.3, -0.25) is 4.79 Å². The number of aromatic nitrogens is 3. The molecule has 0 unspecified atom stereocenters. The van der Waals surface area contributed by atoms with Crippen LogP contribution in [-0.4, -0.2) is 14.8 Å². The summed E-state index contributed by atoms with van der Waals surface area (Å²) in [5.41, 5.74) is 1.61. The molecular weight excluding hydrogens is 312 g/mol. The van der Waals surface area contributed by atoms with Crippen molar-refractivity contribution in [1.82, 2.24) is 14.8 Å². The molecule has 0 N–H and O–H groups in total. The van der Waals surface area contributed by atoms with Gasteiger partial charge in [-0.15, -0.1) is 0 Å².